The van der Waals surface area contributed by atoms with Gasteiger partial charge in [0.05, 0.1) is 28.5 Å². The van der Waals surface area contributed by atoms with Gasteiger partial charge in [-0.25, -0.2) is 0 Å². The number of nitro benzene ring substituents is 1. The van der Waals surface area contributed by atoms with E-state index in [2.05, 4.69) is 31.0 Å². The Morgan fingerprint density at radius 1 is 1.10 bits per heavy atom. The van der Waals surface area contributed by atoms with Crippen LogP contribution in [0, 0.1) is 24.0 Å². The second-order valence-corrected chi connectivity index (χ2v) is 10.3. The minimum Gasteiger partial charge on any atom is -0.345 e. The zero-order chi connectivity index (χ0) is 29.0. The van der Waals surface area contributed by atoms with Gasteiger partial charge in [0.1, 0.15) is 5.01 Å². The number of aryl methyl sites for hydroxylation is 1. The van der Waals surface area contributed by atoms with Crippen molar-refractivity contribution in [3.05, 3.63) is 80.1 Å². The molecule has 0 unspecified atom stereocenters. The maximum absolute atomic E-state index is 13.4. The molecular weight excluding hydrogens is 573 g/mol. The lowest BCUT2D eigenvalue weighted by Gasteiger charge is -2.14. The molecule has 40 heavy (non-hydrogen) atoms. The molecule has 0 saturated heterocycles. The SMILES string of the molecule is Cc1nnc(NC(=O)CSc2nnc(CNC(=O)c3cccc([N+](=O)[O-])c3C)n2-c2cccc(C(F)(F)F)c2)s1. The van der Waals surface area contributed by atoms with Gasteiger partial charge in [-0.05, 0) is 38.1 Å². The summed E-state index contributed by atoms with van der Waals surface area (Å²) in [6, 6.07) is 8.47. The number of hydrogen-bond acceptors (Lipinski definition) is 10. The first-order chi connectivity index (χ1) is 18.9. The predicted molar refractivity (Wildman–Crippen MR) is 139 cm³/mol. The van der Waals surface area contributed by atoms with Crippen LogP contribution in [0.3, 0.4) is 0 Å². The molecule has 2 aromatic heterocycles. The third kappa shape index (κ3) is 6.60. The molecule has 0 atom stereocenters. The predicted octanol–water partition coefficient (Wildman–Crippen LogP) is 4.32. The van der Waals surface area contributed by atoms with Crippen LogP contribution in [0.25, 0.3) is 5.69 Å². The van der Waals surface area contributed by atoms with Gasteiger partial charge in [0.15, 0.2) is 11.0 Å². The van der Waals surface area contributed by atoms with Crippen LogP contribution in [0.4, 0.5) is 24.0 Å². The number of nitro groups is 1. The highest BCUT2D eigenvalue weighted by Gasteiger charge is 2.31. The summed E-state index contributed by atoms with van der Waals surface area (Å²) < 4.78 is 41.6. The van der Waals surface area contributed by atoms with E-state index in [0.29, 0.717) is 10.1 Å². The zero-order valence-corrected chi connectivity index (χ0v) is 22.4. The molecule has 17 heteroatoms. The number of benzene rings is 2. The Morgan fingerprint density at radius 3 is 2.52 bits per heavy atom. The van der Waals surface area contributed by atoms with Crippen molar-refractivity contribution in [2.45, 2.75) is 31.7 Å². The smallest absolute Gasteiger partial charge is 0.345 e. The minimum atomic E-state index is -4.62. The molecule has 2 heterocycles. The first kappa shape index (κ1) is 28.6. The normalized spacial score (nSPS) is 11.3. The van der Waals surface area contributed by atoms with Crippen molar-refractivity contribution < 1.29 is 27.7 Å². The monoisotopic (exact) mass is 592 g/mol. The molecule has 0 fully saturated rings. The van der Waals surface area contributed by atoms with Crippen LogP contribution in [-0.2, 0) is 17.5 Å². The second-order valence-electron chi connectivity index (χ2n) is 8.13. The largest absolute Gasteiger partial charge is 0.416 e. The minimum absolute atomic E-state index is 0.0533. The first-order valence-corrected chi connectivity index (χ1v) is 13.1. The lowest BCUT2D eigenvalue weighted by Crippen LogP contribution is -2.25. The van der Waals surface area contributed by atoms with Crippen LogP contribution in [0.1, 0.15) is 32.3 Å². The fourth-order valence-corrected chi connectivity index (χ4v) is 4.92. The number of nitrogens with zero attached hydrogens (tertiary/aromatic N) is 6. The molecule has 0 aliphatic rings. The number of alkyl halides is 3. The Kier molecular flexibility index (Phi) is 8.43. The zero-order valence-electron chi connectivity index (χ0n) is 20.7. The summed E-state index contributed by atoms with van der Waals surface area (Å²) in [5.74, 6) is -1.20. The van der Waals surface area contributed by atoms with E-state index in [9.17, 15) is 32.9 Å². The number of thioether (sulfide) groups is 1. The van der Waals surface area contributed by atoms with Gasteiger partial charge in [-0.2, -0.15) is 13.2 Å². The van der Waals surface area contributed by atoms with Crippen molar-refractivity contribution in [3.63, 3.8) is 0 Å². The molecule has 0 radical (unpaired) electrons. The van der Waals surface area contributed by atoms with E-state index < -0.39 is 28.5 Å². The number of anilines is 1. The molecule has 2 N–H and O–H groups in total. The van der Waals surface area contributed by atoms with Crippen molar-refractivity contribution >= 4 is 45.7 Å². The molecule has 0 bridgehead atoms. The van der Waals surface area contributed by atoms with E-state index in [1.165, 1.54) is 53.2 Å². The topological polar surface area (TPSA) is 158 Å². The summed E-state index contributed by atoms with van der Waals surface area (Å²) in [5, 5.41) is 33.1. The summed E-state index contributed by atoms with van der Waals surface area (Å²) >= 11 is 2.09. The van der Waals surface area contributed by atoms with Gasteiger partial charge in [0.25, 0.3) is 11.6 Å². The highest BCUT2D eigenvalue weighted by Crippen LogP contribution is 2.32. The van der Waals surface area contributed by atoms with Crippen molar-refractivity contribution in [1.29, 1.82) is 0 Å². The van der Waals surface area contributed by atoms with Crippen molar-refractivity contribution in [1.82, 2.24) is 30.3 Å². The summed E-state index contributed by atoms with van der Waals surface area (Å²) in [6.07, 6.45) is -4.62. The molecule has 0 aliphatic carbocycles. The first-order valence-electron chi connectivity index (χ1n) is 11.3. The second kappa shape index (κ2) is 11.8. The van der Waals surface area contributed by atoms with Gasteiger partial charge in [-0.3, -0.25) is 29.6 Å². The Morgan fingerprint density at radius 2 is 1.85 bits per heavy atom. The highest BCUT2D eigenvalue weighted by molar-refractivity contribution is 7.99. The number of aromatic nitrogens is 5. The molecule has 12 nitrogen and oxygen atoms in total. The number of rotatable bonds is 9. The van der Waals surface area contributed by atoms with Crippen LogP contribution in [0.2, 0.25) is 0 Å². The van der Waals surface area contributed by atoms with Crippen LogP contribution >= 0.6 is 23.1 Å². The van der Waals surface area contributed by atoms with Gasteiger partial charge in [0, 0.05) is 17.2 Å². The maximum atomic E-state index is 13.4. The fourth-order valence-electron chi connectivity index (χ4n) is 3.54. The Bertz CT molecular complexity index is 1590. The van der Waals surface area contributed by atoms with E-state index in [-0.39, 0.29) is 45.8 Å². The van der Waals surface area contributed by atoms with Crippen molar-refractivity contribution in [3.8, 4) is 5.69 Å². The van der Waals surface area contributed by atoms with Crippen LogP contribution < -0.4 is 10.6 Å². The van der Waals surface area contributed by atoms with Crippen LogP contribution in [0.5, 0.6) is 0 Å². The molecule has 0 saturated carbocycles. The van der Waals surface area contributed by atoms with E-state index in [4.69, 9.17) is 0 Å². The summed E-state index contributed by atoms with van der Waals surface area (Å²) in [7, 11) is 0. The third-order valence-corrected chi connectivity index (χ3v) is 7.07. The van der Waals surface area contributed by atoms with E-state index in [0.717, 1.165) is 23.9 Å². The van der Waals surface area contributed by atoms with Gasteiger partial charge in [0.2, 0.25) is 11.0 Å². The number of amides is 2. The van der Waals surface area contributed by atoms with Gasteiger partial charge >= 0.3 is 6.18 Å². The Labute approximate surface area is 232 Å². The quantitative estimate of drug-likeness (QED) is 0.164. The molecule has 0 spiro atoms. The molecule has 2 amide bonds. The van der Waals surface area contributed by atoms with Crippen LogP contribution in [0.15, 0.2) is 47.6 Å². The number of carbonyl (C=O) groups is 2. The lowest BCUT2D eigenvalue weighted by atomic mass is 10.1. The summed E-state index contributed by atoms with van der Waals surface area (Å²) in [6.45, 7) is 2.88. The van der Waals surface area contributed by atoms with Gasteiger partial charge in [-0.15, -0.1) is 20.4 Å². The summed E-state index contributed by atoms with van der Waals surface area (Å²) in [4.78, 5) is 35.9. The molecular formula is C23H19F3N8O4S2. The average molecular weight is 593 g/mol. The molecule has 2 aromatic carbocycles. The number of carbonyl (C=O) groups excluding carboxylic acids is 2. The molecule has 4 rings (SSSR count). The molecule has 4 aromatic rings. The Balaban J connectivity index is 1.59. The fraction of sp³-hybridized carbons (Fsp3) is 0.217. The van der Waals surface area contributed by atoms with Gasteiger partial charge < -0.3 is 5.32 Å². The maximum Gasteiger partial charge on any atom is 0.416 e. The van der Waals surface area contributed by atoms with Crippen LogP contribution in [-0.4, -0.2) is 47.5 Å². The van der Waals surface area contributed by atoms with Crippen molar-refractivity contribution in [2.24, 2.45) is 0 Å². The van der Waals surface area contributed by atoms with E-state index in [1.807, 2.05) is 0 Å². The van der Waals surface area contributed by atoms with E-state index >= 15 is 0 Å². The van der Waals surface area contributed by atoms with E-state index in [1.54, 1.807) is 6.92 Å². The average Bonchev–Trinajstić information content (AvgIpc) is 3.50. The van der Waals surface area contributed by atoms with Crippen molar-refractivity contribution in [2.75, 3.05) is 11.1 Å². The molecule has 0 aliphatic heterocycles. The Hall–Kier alpha value is -4.38. The highest BCUT2D eigenvalue weighted by atomic mass is 32.2. The van der Waals surface area contributed by atoms with Gasteiger partial charge in [-0.1, -0.05) is 35.2 Å². The molecule has 208 valence electrons. The lowest BCUT2D eigenvalue weighted by molar-refractivity contribution is -0.385. The standard InChI is InChI=1S/C23H19F3N8O4S2/c1-12-16(7-4-8-17(12)34(37)38)20(36)27-10-18-30-32-22(39-11-19(35)28-21-31-29-13(2)40-21)33(18)15-6-3-5-14(9-15)23(24,25)26/h3-9H,10-11H2,1-2H3,(H,27,36)(H,28,31,35). The summed E-state index contributed by atoms with van der Waals surface area (Å²) in [5.41, 5.74) is -0.894. The number of halogens is 3. The number of hydrogen-bond donors (Lipinski definition) is 2. The number of nitrogens with one attached hydrogen (secondary N) is 2. The third-order valence-electron chi connectivity index (χ3n) is 5.39.